The van der Waals surface area contributed by atoms with Crippen molar-refractivity contribution >= 4 is 0 Å². The SMILES string of the molecule is CCCCCCCCC(CC(C)C)C(CC(C)C)(OCCCC)OCCCC. The molecule has 0 aliphatic heterocycles. The van der Waals surface area contributed by atoms with E-state index < -0.39 is 0 Å². The van der Waals surface area contributed by atoms with Gasteiger partial charge in [0.2, 0.25) is 0 Å². The van der Waals surface area contributed by atoms with Crippen LogP contribution >= 0.6 is 0 Å². The van der Waals surface area contributed by atoms with Gasteiger partial charge in [-0.05, 0) is 37.5 Å². The van der Waals surface area contributed by atoms with Gasteiger partial charge in [0.05, 0.1) is 13.2 Å². The molecule has 1 atom stereocenters. The molecule has 0 heterocycles. The second-order valence-corrected chi connectivity index (χ2v) is 9.70. The van der Waals surface area contributed by atoms with Crippen molar-refractivity contribution in [2.24, 2.45) is 17.8 Å². The summed E-state index contributed by atoms with van der Waals surface area (Å²) in [5, 5.41) is 0. The molecule has 0 bridgehead atoms. The predicted octanol–water partition coefficient (Wildman–Crippen LogP) is 8.78. The summed E-state index contributed by atoms with van der Waals surface area (Å²) in [5.41, 5.74) is 0. The van der Waals surface area contributed by atoms with E-state index in [4.69, 9.17) is 9.47 Å². The zero-order valence-corrected chi connectivity index (χ0v) is 20.7. The molecule has 0 saturated heterocycles. The zero-order chi connectivity index (χ0) is 21.3. The maximum Gasteiger partial charge on any atom is 0.171 e. The second-order valence-electron chi connectivity index (χ2n) is 9.70. The van der Waals surface area contributed by atoms with Crippen molar-refractivity contribution in [1.82, 2.24) is 0 Å². The van der Waals surface area contributed by atoms with Crippen molar-refractivity contribution in [1.29, 1.82) is 0 Å². The molecule has 0 fully saturated rings. The normalized spacial score (nSPS) is 13.6. The molecule has 0 rings (SSSR count). The minimum Gasteiger partial charge on any atom is -0.350 e. The lowest BCUT2D eigenvalue weighted by molar-refractivity contribution is -0.280. The first-order chi connectivity index (χ1) is 13.4. The van der Waals surface area contributed by atoms with Gasteiger partial charge in [-0.15, -0.1) is 0 Å². The first-order valence-electron chi connectivity index (χ1n) is 12.7. The molecule has 1 unspecified atom stereocenters. The highest BCUT2D eigenvalue weighted by molar-refractivity contribution is 4.83. The van der Waals surface area contributed by atoms with Gasteiger partial charge in [-0.25, -0.2) is 0 Å². The van der Waals surface area contributed by atoms with E-state index in [1.165, 1.54) is 64.2 Å². The highest BCUT2D eigenvalue weighted by Crippen LogP contribution is 2.39. The lowest BCUT2D eigenvalue weighted by Gasteiger charge is -2.43. The van der Waals surface area contributed by atoms with E-state index in [9.17, 15) is 0 Å². The molecule has 28 heavy (non-hydrogen) atoms. The molecule has 0 aliphatic rings. The Bertz CT molecular complexity index is 314. The van der Waals surface area contributed by atoms with Crippen molar-refractivity contribution in [3.05, 3.63) is 0 Å². The topological polar surface area (TPSA) is 18.5 Å². The fourth-order valence-electron chi connectivity index (χ4n) is 4.17. The van der Waals surface area contributed by atoms with Crippen molar-refractivity contribution in [2.75, 3.05) is 13.2 Å². The van der Waals surface area contributed by atoms with E-state index in [1.54, 1.807) is 0 Å². The van der Waals surface area contributed by atoms with E-state index in [0.29, 0.717) is 17.8 Å². The minimum atomic E-state index is -0.383. The Kier molecular flexibility index (Phi) is 17.7. The summed E-state index contributed by atoms with van der Waals surface area (Å²) in [6, 6.07) is 0. The number of hydrogen-bond acceptors (Lipinski definition) is 2. The van der Waals surface area contributed by atoms with Crippen LogP contribution in [0.15, 0.2) is 0 Å². The third-order valence-electron chi connectivity index (χ3n) is 5.67. The Balaban J connectivity index is 5.23. The lowest BCUT2D eigenvalue weighted by Crippen LogP contribution is -2.46. The molecule has 170 valence electrons. The van der Waals surface area contributed by atoms with Crippen molar-refractivity contribution in [3.63, 3.8) is 0 Å². The second kappa shape index (κ2) is 17.8. The van der Waals surface area contributed by atoms with Crippen LogP contribution < -0.4 is 0 Å². The zero-order valence-electron chi connectivity index (χ0n) is 20.7. The maximum absolute atomic E-state index is 6.66. The smallest absolute Gasteiger partial charge is 0.171 e. The monoisotopic (exact) mass is 398 g/mol. The van der Waals surface area contributed by atoms with E-state index in [2.05, 4.69) is 48.5 Å². The quantitative estimate of drug-likeness (QED) is 0.151. The molecule has 0 spiro atoms. The summed E-state index contributed by atoms with van der Waals surface area (Å²) in [4.78, 5) is 0. The summed E-state index contributed by atoms with van der Waals surface area (Å²) in [7, 11) is 0. The first kappa shape index (κ1) is 27.9. The van der Waals surface area contributed by atoms with Gasteiger partial charge in [-0.2, -0.15) is 0 Å². The van der Waals surface area contributed by atoms with E-state index in [0.717, 1.165) is 32.5 Å². The van der Waals surface area contributed by atoms with Gasteiger partial charge >= 0.3 is 0 Å². The molecule has 2 nitrogen and oxygen atoms in total. The standard InChI is InChI=1S/C26H54O2/c1-8-11-14-15-16-17-18-25(21-23(4)5)26(22-24(6)7,27-19-12-9-2)28-20-13-10-3/h23-25H,8-22H2,1-7H3. The van der Waals surface area contributed by atoms with Crippen LogP contribution in [-0.2, 0) is 9.47 Å². The van der Waals surface area contributed by atoms with Gasteiger partial charge in [-0.1, -0.05) is 99.8 Å². The first-order valence-corrected chi connectivity index (χ1v) is 12.7. The molecule has 0 aromatic carbocycles. The van der Waals surface area contributed by atoms with Gasteiger partial charge in [-0.3, -0.25) is 0 Å². The molecule has 2 heteroatoms. The van der Waals surface area contributed by atoms with Gasteiger partial charge in [0.1, 0.15) is 0 Å². The Labute approximate surface area is 178 Å². The molecule has 0 saturated carbocycles. The third-order valence-corrected chi connectivity index (χ3v) is 5.67. The summed E-state index contributed by atoms with van der Waals surface area (Å²) < 4.78 is 13.3. The summed E-state index contributed by atoms with van der Waals surface area (Å²) in [5.74, 6) is 1.39. The minimum absolute atomic E-state index is 0.383. The Morgan fingerprint density at radius 1 is 0.607 bits per heavy atom. The number of unbranched alkanes of at least 4 members (excludes halogenated alkanes) is 7. The van der Waals surface area contributed by atoms with Gasteiger partial charge in [0, 0.05) is 12.3 Å². The van der Waals surface area contributed by atoms with E-state index >= 15 is 0 Å². The van der Waals surface area contributed by atoms with Crippen LogP contribution in [0.3, 0.4) is 0 Å². The highest BCUT2D eigenvalue weighted by Gasteiger charge is 2.41. The van der Waals surface area contributed by atoms with E-state index in [1.807, 2.05) is 0 Å². The molecule has 0 N–H and O–H groups in total. The van der Waals surface area contributed by atoms with Crippen LogP contribution in [0.5, 0.6) is 0 Å². The molecule has 0 aliphatic carbocycles. The fraction of sp³-hybridized carbons (Fsp3) is 1.00. The summed E-state index contributed by atoms with van der Waals surface area (Å²) in [6.45, 7) is 17.8. The average Bonchev–Trinajstić information content (AvgIpc) is 2.63. The van der Waals surface area contributed by atoms with Crippen LogP contribution in [0.1, 0.15) is 132 Å². The number of hydrogen-bond donors (Lipinski definition) is 0. The van der Waals surface area contributed by atoms with E-state index in [-0.39, 0.29) is 5.79 Å². The number of rotatable bonds is 20. The molecule has 0 aromatic rings. The van der Waals surface area contributed by atoms with Crippen LogP contribution in [0.25, 0.3) is 0 Å². The Morgan fingerprint density at radius 3 is 1.57 bits per heavy atom. The highest BCUT2D eigenvalue weighted by atomic mass is 16.7. The largest absolute Gasteiger partial charge is 0.350 e. The van der Waals surface area contributed by atoms with Crippen molar-refractivity contribution in [3.8, 4) is 0 Å². The summed E-state index contributed by atoms with van der Waals surface area (Å²) >= 11 is 0. The van der Waals surface area contributed by atoms with Crippen molar-refractivity contribution in [2.45, 2.75) is 138 Å². The van der Waals surface area contributed by atoms with Crippen LogP contribution in [0.4, 0.5) is 0 Å². The fourth-order valence-corrected chi connectivity index (χ4v) is 4.17. The average molecular weight is 399 g/mol. The van der Waals surface area contributed by atoms with Gasteiger partial charge in [0.15, 0.2) is 5.79 Å². The molecular formula is C26H54O2. The van der Waals surface area contributed by atoms with Crippen LogP contribution in [0.2, 0.25) is 0 Å². The van der Waals surface area contributed by atoms with Gasteiger partial charge in [0.25, 0.3) is 0 Å². The number of ether oxygens (including phenoxy) is 2. The Morgan fingerprint density at radius 2 is 1.11 bits per heavy atom. The predicted molar refractivity (Wildman–Crippen MR) is 125 cm³/mol. The third kappa shape index (κ3) is 13.2. The van der Waals surface area contributed by atoms with Crippen LogP contribution in [0, 0.1) is 17.8 Å². The summed E-state index contributed by atoms with van der Waals surface area (Å²) in [6.07, 6.45) is 16.2. The lowest BCUT2D eigenvalue weighted by atomic mass is 9.81. The van der Waals surface area contributed by atoms with Gasteiger partial charge < -0.3 is 9.47 Å². The maximum atomic E-state index is 6.66. The van der Waals surface area contributed by atoms with Crippen LogP contribution in [-0.4, -0.2) is 19.0 Å². The molecule has 0 radical (unpaired) electrons. The Hall–Kier alpha value is -0.0800. The van der Waals surface area contributed by atoms with Crippen molar-refractivity contribution < 1.29 is 9.47 Å². The molecule has 0 amide bonds. The molecular weight excluding hydrogens is 344 g/mol. The molecule has 0 aromatic heterocycles.